The Morgan fingerprint density at radius 1 is 1.20 bits per heavy atom. The lowest BCUT2D eigenvalue weighted by Crippen LogP contribution is -2.11. The van der Waals surface area contributed by atoms with Crippen LogP contribution in [0.1, 0.15) is 32.6 Å². The Labute approximate surface area is 119 Å². The van der Waals surface area contributed by atoms with Gasteiger partial charge >= 0.3 is 0 Å². The number of para-hydroxylation sites is 1. The molecule has 2 N–H and O–H groups in total. The van der Waals surface area contributed by atoms with Gasteiger partial charge in [-0.25, -0.2) is 0 Å². The summed E-state index contributed by atoms with van der Waals surface area (Å²) in [5.74, 6) is 0.288. The first-order valence-corrected chi connectivity index (χ1v) is 6.99. The number of fused-ring (bicyclic) bond motifs is 1. The van der Waals surface area contributed by atoms with Crippen LogP contribution in [-0.2, 0) is 4.79 Å². The summed E-state index contributed by atoms with van der Waals surface area (Å²) in [6, 6.07) is 9.08. The number of pyridine rings is 1. The van der Waals surface area contributed by atoms with E-state index in [-0.39, 0.29) is 5.75 Å². The van der Waals surface area contributed by atoms with Gasteiger partial charge in [0.05, 0.1) is 5.52 Å². The van der Waals surface area contributed by atoms with E-state index in [1.807, 2.05) is 24.3 Å². The normalized spacial score (nSPS) is 9.65. The Bertz CT molecular complexity index is 509. The van der Waals surface area contributed by atoms with Crippen molar-refractivity contribution < 1.29 is 9.90 Å². The van der Waals surface area contributed by atoms with Crippen LogP contribution in [-0.4, -0.2) is 23.0 Å². The predicted octanol–water partition coefficient (Wildman–Crippen LogP) is 3.25. The van der Waals surface area contributed by atoms with Crippen LogP contribution in [0.4, 0.5) is 0 Å². The molecule has 0 saturated carbocycles. The highest BCUT2D eigenvalue weighted by Crippen LogP contribution is 2.20. The molecular formula is C16H22N2O2. The third-order valence-corrected chi connectivity index (χ3v) is 2.88. The summed E-state index contributed by atoms with van der Waals surface area (Å²) < 4.78 is 0. The van der Waals surface area contributed by atoms with Gasteiger partial charge in [0, 0.05) is 18.1 Å². The summed E-state index contributed by atoms with van der Waals surface area (Å²) in [4.78, 5) is 13.8. The topological polar surface area (TPSA) is 62.2 Å². The van der Waals surface area contributed by atoms with E-state index >= 15 is 0 Å². The van der Waals surface area contributed by atoms with Crippen LogP contribution < -0.4 is 5.32 Å². The SMILES string of the molecule is CCCCCCNC=O.Oc1ccnc2ccccc12. The van der Waals surface area contributed by atoms with Gasteiger partial charge in [0.1, 0.15) is 5.75 Å². The Morgan fingerprint density at radius 2 is 2.00 bits per heavy atom. The van der Waals surface area contributed by atoms with Crippen molar-refractivity contribution >= 4 is 17.3 Å². The van der Waals surface area contributed by atoms with Crippen molar-refractivity contribution in [3.05, 3.63) is 36.5 Å². The van der Waals surface area contributed by atoms with E-state index in [9.17, 15) is 9.90 Å². The second kappa shape index (κ2) is 9.78. The van der Waals surface area contributed by atoms with Gasteiger partial charge in [-0.3, -0.25) is 9.78 Å². The van der Waals surface area contributed by atoms with Gasteiger partial charge in [-0.05, 0) is 24.6 Å². The number of nitrogens with one attached hydrogen (secondary N) is 1. The van der Waals surface area contributed by atoms with Gasteiger partial charge in [-0.1, -0.05) is 38.3 Å². The third kappa shape index (κ3) is 5.69. The summed E-state index contributed by atoms with van der Waals surface area (Å²) in [5, 5.41) is 12.8. The van der Waals surface area contributed by atoms with Crippen LogP contribution in [0.2, 0.25) is 0 Å². The van der Waals surface area contributed by atoms with E-state index in [0.29, 0.717) is 0 Å². The minimum atomic E-state index is 0.288. The molecule has 108 valence electrons. The number of hydrogen-bond acceptors (Lipinski definition) is 3. The second-order valence-corrected chi connectivity index (χ2v) is 4.48. The van der Waals surface area contributed by atoms with Crippen LogP contribution in [0.3, 0.4) is 0 Å². The first-order valence-electron chi connectivity index (χ1n) is 6.99. The number of rotatable bonds is 6. The molecule has 2 aromatic rings. The molecule has 1 amide bonds. The number of amides is 1. The Hall–Kier alpha value is -2.10. The number of benzene rings is 1. The molecule has 0 spiro atoms. The van der Waals surface area contributed by atoms with Gasteiger partial charge in [0.15, 0.2) is 0 Å². The zero-order valence-corrected chi connectivity index (χ0v) is 11.9. The first kappa shape index (κ1) is 16.0. The minimum absolute atomic E-state index is 0.288. The van der Waals surface area contributed by atoms with Crippen molar-refractivity contribution in [3.63, 3.8) is 0 Å². The lowest BCUT2D eigenvalue weighted by molar-refractivity contribution is -0.109. The van der Waals surface area contributed by atoms with Gasteiger partial charge in [-0.15, -0.1) is 0 Å². The standard InChI is InChI=1S/C9H7NO.C7H15NO/c11-9-5-6-10-8-4-2-1-3-7(8)9;1-2-3-4-5-6-8-7-9/h1-6H,(H,10,11);7H,2-6H2,1H3,(H,8,9). The number of unbranched alkanes of at least 4 members (excludes halogenated alkanes) is 3. The molecule has 20 heavy (non-hydrogen) atoms. The molecule has 0 fully saturated rings. The van der Waals surface area contributed by atoms with Crippen LogP contribution in [0, 0.1) is 0 Å². The molecule has 4 nitrogen and oxygen atoms in total. The maximum atomic E-state index is 9.73. The summed E-state index contributed by atoms with van der Waals surface area (Å²) >= 11 is 0. The Morgan fingerprint density at radius 3 is 2.70 bits per heavy atom. The van der Waals surface area contributed by atoms with Crippen molar-refractivity contribution in [2.45, 2.75) is 32.6 Å². The lowest BCUT2D eigenvalue weighted by atomic mass is 10.2. The Balaban J connectivity index is 0.000000206. The van der Waals surface area contributed by atoms with Crippen LogP contribution in [0.15, 0.2) is 36.5 Å². The summed E-state index contributed by atoms with van der Waals surface area (Å²) in [7, 11) is 0. The van der Waals surface area contributed by atoms with Gasteiger partial charge < -0.3 is 10.4 Å². The fourth-order valence-electron chi connectivity index (χ4n) is 1.79. The molecule has 0 radical (unpaired) electrons. The molecule has 0 aliphatic rings. The number of aromatic nitrogens is 1. The number of hydrogen-bond donors (Lipinski definition) is 2. The third-order valence-electron chi connectivity index (χ3n) is 2.88. The molecule has 2 rings (SSSR count). The fraction of sp³-hybridized carbons (Fsp3) is 0.375. The maximum absolute atomic E-state index is 9.73. The number of nitrogens with zero attached hydrogens (tertiary/aromatic N) is 1. The van der Waals surface area contributed by atoms with E-state index in [4.69, 9.17) is 0 Å². The summed E-state index contributed by atoms with van der Waals surface area (Å²) in [6.07, 6.45) is 7.23. The van der Waals surface area contributed by atoms with Gasteiger partial charge in [0.25, 0.3) is 0 Å². The highest BCUT2D eigenvalue weighted by atomic mass is 16.3. The summed E-state index contributed by atoms with van der Waals surface area (Å²) in [5.41, 5.74) is 0.826. The molecule has 0 atom stereocenters. The van der Waals surface area contributed by atoms with Crippen LogP contribution in [0.25, 0.3) is 10.9 Å². The molecular weight excluding hydrogens is 252 g/mol. The van der Waals surface area contributed by atoms with Crippen molar-refractivity contribution in [3.8, 4) is 5.75 Å². The Kier molecular flexibility index (Phi) is 7.80. The van der Waals surface area contributed by atoms with Crippen molar-refractivity contribution in [2.24, 2.45) is 0 Å². The smallest absolute Gasteiger partial charge is 0.207 e. The molecule has 0 aliphatic heterocycles. The van der Waals surface area contributed by atoms with Crippen molar-refractivity contribution in [1.82, 2.24) is 10.3 Å². The fourth-order valence-corrected chi connectivity index (χ4v) is 1.79. The zero-order chi connectivity index (χ0) is 14.6. The molecule has 0 saturated heterocycles. The van der Waals surface area contributed by atoms with Crippen LogP contribution in [0.5, 0.6) is 5.75 Å². The van der Waals surface area contributed by atoms with E-state index in [1.165, 1.54) is 19.3 Å². The van der Waals surface area contributed by atoms with Gasteiger partial charge in [0.2, 0.25) is 6.41 Å². The van der Waals surface area contributed by atoms with Crippen molar-refractivity contribution in [1.29, 1.82) is 0 Å². The number of carbonyl (C=O) groups is 1. The maximum Gasteiger partial charge on any atom is 0.207 e. The molecule has 0 unspecified atom stereocenters. The monoisotopic (exact) mass is 274 g/mol. The van der Waals surface area contributed by atoms with Crippen LogP contribution >= 0.6 is 0 Å². The quantitative estimate of drug-likeness (QED) is 0.628. The summed E-state index contributed by atoms with van der Waals surface area (Å²) in [6.45, 7) is 3.01. The largest absolute Gasteiger partial charge is 0.507 e. The average molecular weight is 274 g/mol. The highest BCUT2D eigenvalue weighted by molar-refractivity contribution is 5.84. The average Bonchev–Trinajstić information content (AvgIpc) is 2.49. The number of carbonyl (C=O) groups excluding carboxylic acids is 1. The number of aromatic hydroxyl groups is 1. The molecule has 1 aromatic heterocycles. The van der Waals surface area contributed by atoms with E-state index in [0.717, 1.165) is 30.3 Å². The zero-order valence-electron chi connectivity index (χ0n) is 11.9. The van der Waals surface area contributed by atoms with E-state index < -0.39 is 0 Å². The minimum Gasteiger partial charge on any atom is -0.507 e. The van der Waals surface area contributed by atoms with E-state index in [2.05, 4.69) is 17.2 Å². The van der Waals surface area contributed by atoms with Crippen molar-refractivity contribution in [2.75, 3.05) is 6.54 Å². The molecule has 0 bridgehead atoms. The predicted molar refractivity (Wildman–Crippen MR) is 81.6 cm³/mol. The van der Waals surface area contributed by atoms with Gasteiger partial charge in [-0.2, -0.15) is 0 Å². The lowest BCUT2D eigenvalue weighted by Gasteiger charge is -1.96. The first-order chi connectivity index (χ1) is 9.79. The second-order valence-electron chi connectivity index (χ2n) is 4.48. The molecule has 1 heterocycles. The molecule has 0 aliphatic carbocycles. The molecule has 4 heteroatoms. The van der Waals surface area contributed by atoms with E-state index in [1.54, 1.807) is 12.3 Å². The highest BCUT2D eigenvalue weighted by Gasteiger charge is 1.95. The molecule has 1 aromatic carbocycles.